The number of hydrogen-bond donors (Lipinski definition) is 2. The Hall–Kier alpha value is -1.62. The van der Waals surface area contributed by atoms with Crippen LogP contribution in [-0.2, 0) is 0 Å². The van der Waals surface area contributed by atoms with Crippen molar-refractivity contribution in [2.45, 2.75) is 45.6 Å². The first-order valence-corrected chi connectivity index (χ1v) is 7.33. The molecule has 0 aromatic carbocycles. The summed E-state index contributed by atoms with van der Waals surface area (Å²) in [6.07, 6.45) is 4.04. The van der Waals surface area contributed by atoms with E-state index in [0.29, 0.717) is 5.92 Å². The molecule has 3 N–H and O–H groups in total. The summed E-state index contributed by atoms with van der Waals surface area (Å²) in [6, 6.07) is 1.65. The summed E-state index contributed by atoms with van der Waals surface area (Å²) < 4.78 is 0. The summed E-state index contributed by atoms with van der Waals surface area (Å²) in [6.45, 7) is 8.20. The fourth-order valence-electron chi connectivity index (χ4n) is 3.03. The first-order chi connectivity index (χ1) is 9.56. The minimum absolute atomic E-state index is 0.0433. The van der Waals surface area contributed by atoms with Gasteiger partial charge in [0.05, 0.1) is 5.69 Å². The lowest BCUT2D eigenvalue weighted by Crippen LogP contribution is -2.38. The van der Waals surface area contributed by atoms with Gasteiger partial charge in [0.15, 0.2) is 0 Å². The van der Waals surface area contributed by atoms with Crippen molar-refractivity contribution in [2.75, 3.05) is 13.1 Å². The zero-order chi connectivity index (χ0) is 14.7. The van der Waals surface area contributed by atoms with E-state index < -0.39 is 0 Å². The molecule has 0 amide bonds. The first-order valence-electron chi connectivity index (χ1n) is 7.33. The lowest BCUT2D eigenvalue weighted by molar-refractivity contribution is 0.329. The summed E-state index contributed by atoms with van der Waals surface area (Å²) in [5.41, 5.74) is 9.34. The molecule has 5 heteroatoms. The van der Waals surface area contributed by atoms with Crippen molar-refractivity contribution in [3.63, 3.8) is 0 Å². The van der Waals surface area contributed by atoms with Gasteiger partial charge in [-0.2, -0.15) is 5.10 Å². The van der Waals surface area contributed by atoms with E-state index in [1.54, 1.807) is 6.07 Å². The van der Waals surface area contributed by atoms with Gasteiger partial charge in [-0.1, -0.05) is 6.08 Å². The molecule has 1 heterocycles. The molecule has 2 unspecified atom stereocenters. The van der Waals surface area contributed by atoms with Crippen LogP contribution < -0.4 is 11.3 Å². The highest BCUT2D eigenvalue weighted by atomic mass is 16.1. The van der Waals surface area contributed by atoms with Crippen LogP contribution >= 0.6 is 0 Å². The van der Waals surface area contributed by atoms with E-state index in [1.165, 1.54) is 5.70 Å². The third-order valence-corrected chi connectivity index (χ3v) is 4.08. The summed E-state index contributed by atoms with van der Waals surface area (Å²) in [7, 11) is 0. The molecule has 0 aliphatic heterocycles. The van der Waals surface area contributed by atoms with Crippen LogP contribution in [0.1, 0.15) is 43.9 Å². The van der Waals surface area contributed by atoms with Crippen LogP contribution in [0.25, 0.3) is 0 Å². The minimum Gasteiger partial charge on any atom is -0.374 e. The molecule has 1 aromatic heterocycles. The normalized spacial score (nSPS) is 22.5. The predicted molar refractivity (Wildman–Crippen MR) is 80.5 cm³/mol. The van der Waals surface area contributed by atoms with Gasteiger partial charge < -0.3 is 10.6 Å². The van der Waals surface area contributed by atoms with E-state index in [0.717, 1.165) is 37.2 Å². The Balaban J connectivity index is 2.21. The lowest BCUT2D eigenvalue weighted by atomic mass is 9.85. The van der Waals surface area contributed by atoms with Crippen molar-refractivity contribution in [3.05, 3.63) is 39.5 Å². The Morgan fingerprint density at radius 3 is 2.70 bits per heavy atom. The first kappa shape index (κ1) is 14.8. The SMILES string of the molecule is CCN(CC)C1=CCC(c2n[nH]c(=O)cc2C)CC1N. The van der Waals surface area contributed by atoms with Gasteiger partial charge in [0, 0.05) is 36.8 Å². The van der Waals surface area contributed by atoms with E-state index in [4.69, 9.17) is 5.73 Å². The molecule has 0 saturated heterocycles. The Kier molecular flexibility index (Phi) is 4.60. The highest BCUT2D eigenvalue weighted by molar-refractivity contribution is 5.25. The van der Waals surface area contributed by atoms with Gasteiger partial charge >= 0.3 is 0 Å². The van der Waals surface area contributed by atoms with E-state index in [2.05, 4.69) is 35.0 Å². The molecule has 1 aliphatic carbocycles. The highest BCUT2D eigenvalue weighted by Gasteiger charge is 2.26. The molecule has 0 spiro atoms. The van der Waals surface area contributed by atoms with E-state index in [9.17, 15) is 4.79 Å². The maximum Gasteiger partial charge on any atom is 0.264 e. The van der Waals surface area contributed by atoms with Gasteiger partial charge in [0.1, 0.15) is 0 Å². The number of allylic oxidation sites excluding steroid dienone is 1. The van der Waals surface area contributed by atoms with E-state index >= 15 is 0 Å². The molecule has 0 fully saturated rings. The number of hydrogen-bond acceptors (Lipinski definition) is 4. The van der Waals surface area contributed by atoms with Crippen molar-refractivity contribution in [1.29, 1.82) is 0 Å². The third kappa shape index (κ3) is 2.93. The van der Waals surface area contributed by atoms with Gasteiger partial charge in [-0.05, 0) is 39.2 Å². The van der Waals surface area contributed by atoms with Gasteiger partial charge in [-0.3, -0.25) is 4.79 Å². The molecule has 0 bridgehead atoms. The number of aryl methyl sites for hydroxylation is 1. The monoisotopic (exact) mass is 276 g/mol. The fourth-order valence-corrected chi connectivity index (χ4v) is 3.03. The van der Waals surface area contributed by atoms with Crippen LogP contribution in [0.5, 0.6) is 0 Å². The maximum atomic E-state index is 11.2. The number of rotatable bonds is 4. The van der Waals surface area contributed by atoms with Crippen molar-refractivity contribution in [1.82, 2.24) is 15.1 Å². The molecular formula is C15H24N4O. The summed E-state index contributed by atoms with van der Waals surface area (Å²) in [5, 5.41) is 6.74. The van der Waals surface area contributed by atoms with Crippen molar-refractivity contribution < 1.29 is 0 Å². The Morgan fingerprint density at radius 2 is 2.15 bits per heavy atom. The van der Waals surface area contributed by atoms with Crippen molar-refractivity contribution >= 4 is 0 Å². The minimum atomic E-state index is -0.147. The number of H-pyrrole nitrogens is 1. The molecular weight excluding hydrogens is 252 g/mol. The molecule has 110 valence electrons. The van der Waals surface area contributed by atoms with Crippen LogP contribution in [0.2, 0.25) is 0 Å². The van der Waals surface area contributed by atoms with Crippen molar-refractivity contribution in [2.24, 2.45) is 5.73 Å². The zero-order valence-corrected chi connectivity index (χ0v) is 12.5. The van der Waals surface area contributed by atoms with Crippen LogP contribution in [0.15, 0.2) is 22.6 Å². The molecule has 20 heavy (non-hydrogen) atoms. The van der Waals surface area contributed by atoms with Gasteiger partial charge in [0.2, 0.25) is 0 Å². The quantitative estimate of drug-likeness (QED) is 0.874. The second-order valence-electron chi connectivity index (χ2n) is 5.38. The van der Waals surface area contributed by atoms with Crippen LogP contribution in [0.3, 0.4) is 0 Å². The number of nitrogens with zero attached hydrogens (tertiary/aromatic N) is 2. The lowest BCUT2D eigenvalue weighted by Gasteiger charge is -2.34. The summed E-state index contributed by atoms with van der Waals surface area (Å²) in [4.78, 5) is 13.6. The third-order valence-electron chi connectivity index (χ3n) is 4.08. The van der Waals surface area contributed by atoms with E-state index in [1.807, 2.05) is 6.92 Å². The molecule has 2 rings (SSSR count). The number of likely N-dealkylation sites (N-methyl/N-ethyl adjacent to an activating group) is 1. The smallest absolute Gasteiger partial charge is 0.264 e. The Labute approximate surface area is 119 Å². The van der Waals surface area contributed by atoms with E-state index in [-0.39, 0.29) is 11.6 Å². The number of aromatic amines is 1. The zero-order valence-electron chi connectivity index (χ0n) is 12.5. The van der Waals surface area contributed by atoms with Gasteiger partial charge in [0.25, 0.3) is 5.56 Å². The van der Waals surface area contributed by atoms with Gasteiger partial charge in [-0.15, -0.1) is 0 Å². The Bertz CT molecular complexity index is 545. The van der Waals surface area contributed by atoms with Crippen LogP contribution in [0.4, 0.5) is 0 Å². The highest BCUT2D eigenvalue weighted by Crippen LogP contribution is 2.32. The van der Waals surface area contributed by atoms with Crippen molar-refractivity contribution in [3.8, 4) is 0 Å². The predicted octanol–water partition coefficient (Wildman–Crippen LogP) is 1.51. The molecule has 1 aliphatic rings. The Morgan fingerprint density at radius 1 is 1.45 bits per heavy atom. The standard InChI is InChI=1S/C15H24N4O/c1-4-19(5-2)13-7-6-11(9-12(13)16)15-10(3)8-14(20)17-18-15/h7-8,11-12H,4-6,9,16H2,1-3H3,(H,17,20). The topological polar surface area (TPSA) is 75.0 Å². The largest absolute Gasteiger partial charge is 0.374 e. The summed E-state index contributed by atoms with van der Waals surface area (Å²) >= 11 is 0. The molecule has 1 aromatic rings. The number of nitrogens with two attached hydrogens (primary N) is 1. The molecule has 0 saturated carbocycles. The average molecular weight is 276 g/mol. The fraction of sp³-hybridized carbons (Fsp3) is 0.600. The second-order valence-corrected chi connectivity index (χ2v) is 5.38. The van der Waals surface area contributed by atoms with Gasteiger partial charge in [-0.25, -0.2) is 5.10 Å². The number of aromatic nitrogens is 2. The maximum absolute atomic E-state index is 11.2. The van der Waals surface area contributed by atoms with Crippen LogP contribution in [0, 0.1) is 6.92 Å². The van der Waals surface area contributed by atoms with Crippen LogP contribution in [-0.4, -0.2) is 34.2 Å². The molecule has 5 nitrogen and oxygen atoms in total. The molecule has 2 atom stereocenters. The summed E-state index contributed by atoms with van der Waals surface area (Å²) in [5.74, 6) is 0.293. The average Bonchev–Trinajstić information content (AvgIpc) is 2.42. The number of nitrogens with one attached hydrogen (secondary N) is 1. The molecule has 0 radical (unpaired) electrons. The second kappa shape index (κ2) is 6.22.